The molecule has 0 bridgehead atoms. The Morgan fingerprint density at radius 1 is 1.03 bits per heavy atom. The van der Waals surface area contributed by atoms with Crippen LogP contribution in [0.3, 0.4) is 0 Å². The number of nitrogens with zero attached hydrogens (tertiary/aromatic N) is 1. The number of aromatic nitrogens is 1. The van der Waals surface area contributed by atoms with E-state index in [2.05, 4.69) is 31.1 Å². The summed E-state index contributed by atoms with van der Waals surface area (Å²) in [5, 5.41) is 3.16. The minimum atomic E-state index is -3.65. The van der Waals surface area contributed by atoms with Crippen LogP contribution in [0.15, 0.2) is 46.9 Å². The van der Waals surface area contributed by atoms with E-state index in [4.69, 9.17) is 22.9 Å². The Morgan fingerprint density at radius 2 is 1.72 bits per heavy atom. The first-order chi connectivity index (χ1) is 15.2. The third-order valence-electron chi connectivity index (χ3n) is 5.24. The average Bonchev–Trinajstić information content (AvgIpc) is 3.43. The van der Waals surface area contributed by atoms with Gasteiger partial charge in [0.15, 0.2) is 11.5 Å². The summed E-state index contributed by atoms with van der Waals surface area (Å²) >= 11 is 0. The van der Waals surface area contributed by atoms with Crippen molar-refractivity contribution in [1.82, 2.24) is 4.98 Å². The fourth-order valence-electron chi connectivity index (χ4n) is 3.33. The maximum Gasteiger partial charge on any atom is 0.384 e. The first kappa shape index (κ1) is 22.4. The van der Waals surface area contributed by atoms with Crippen LogP contribution < -0.4 is 20.2 Å². The van der Waals surface area contributed by atoms with Gasteiger partial charge in [0.05, 0.1) is 0 Å². The molecule has 0 saturated heterocycles. The molecule has 0 radical (unpaired) electrons. The molecule has 4 rings (SSSR count). The highest BCUT2D eigenvalue weighted by molar-refractivity contribution is 7.62. The summed E-state index contributed by atoms with van der Waals surface area (Å²) in [5.74, 6) is 1.94. The van der Waals surface area contributed by atoms with Gasteiger partial charge in [-0.2, -0.15) is 4.98 Å². The summed E-state index contributed by atoms with van der Waals surface area (Å²) in [6, 6.07) is 13.6. The fourth-order valence-corrected chi connectivity index (χ4v) is 4.41. The van der Waals surface area contributed by atoms with Crippen LogP contribution in [0.4, 0.5) is 5.88 Å². The molecule has 1 N–H and O–H groups in total. The molecule has 32 heavy (non-hydrogen) atoms. The minimum Gasteiger partial charge on any atom is -0.454 e. The number of nitrogens with one attached hydrogen (secondary N) is 1. The van der Waals surface area contributed by atoms with Gasteiger partial charge in [-0.1, -0.05) is 39.0 Å². The fraction of sp³-hybridized carbons (Fsp3) is 0.348. The molecule has 0 aliphatic carbocycles. The zero-order valence-corrected chi connectivity index (χ0v) is 19.7. The lowest BCUT2D eigenvalue weighted by molar-refractivity contribution is 0.174. The van der Waals surface area contributed by atoms with Gasteiger partial charge in [0.2, 0.25) is 24.0 Å². The van der Waals surface area contributed by atoms with E-state index in [-0.39, 0.29) is 23.5 Å². The molecule has 2 aromatic carbocycles. The van der Waals surface area contributed by atoms with Crippen molar-refractivity contribution in [3.05, 3.63) is 53.6 Å². The van der Waals surface area contributed by atoms with Crippen molar-refractivity contribution < 1.29 is 27.5 Å². The van der Waals surface area contributed by atoms with Gasteiger partial charge in [-0.05, 0) is 40.8 Å². The van der Waals surface area contributed by atoms with E-state index in [0.29, 0.717) is 23.9 Å². The largest absolute Gasteiger partial charge is 0.454 e. The number of oxazole rings is 1. The molecule has 1 aliphatic rings. The van der Waals surface area contributed by atoms with Crippen molar-refractivity contribution in [1.29, 1.82) is 0 Å². The number of hydrogen-bond acceptors (Lipinski definition) is 8. The van der Waals surface area contributed by atoms with Crippen molar-refractivity contribution in [3.63, 3.8) is 0 Å². The molecule has 0 amide bonds. The maximum atomic E-state index is 13.1. The van der Waals surface area contributed by atoms with Crippen molar-refractivity contribution in [3.8, 4) is 23.0 Å². The van der Waals surface area contributed by atoms with E-state index < -0.39 is 7.60 Å². The highest BCUT2D eigenvalue weighted by Gasteiger charge is 2.34. The van der Waals surface area contributed by atoms with E-state index in [1.807, 2.05) is 42.5 Å². The minimum absolute atomic E-state index is 0.0272. The third-order valence-corrected chi connectivity index (χ3v) is 7.02. The second kappa shape index (κ2) is 8.62. The van der Waals surface area contributed by atoms with Crippen molar-refractivity contribution in [2.24, 2.45) is 0 Å². The maximum absolute atomic E-state index is 13.1. The zero-order chi connectivity index (χ0) is 22.9. The Kier molecular flexibility index (Phi) is 6.03. The summed E-state index contributed by atoms with van der Waals surface area (Å²) in [5.41, 5.74) is 3.00. The second-order valence-corrected chi connectivity index (χ2v) is 10.6. The van der Waals surface area contributed by atoms with E-state index in [9.17, 15) is 4.57 Å². The predicted octanol–water partition coefficient (Wildman–Crippen LogP) is 5.09. The van der Waals surface area contributed by atoms with Gasteiger partial charge in [0.1, 0.15) is 0 Å². The molecule has 0 saturated carbocycles. The summed E-state index contributed by atoms with van der Waals surface area (Å²) < 4.78 is 40.2. The average molecular weight is 458 g/mol. The lowest BCUT2D eigenvalue weighted by atomic mass is 9.87. The molecule has 0 fully saturated rings. The van der Waals surface area contributed by atoms with E-state index in [0.717, 1.165) is 11.1 Å². The lowest BCUT2D eigenvalue weighted by Crippen LogP contribution is -2.14. The number of ether oxygens (including phenoxy) is 2. The quantitative estimate of drug-likeness (QED) is 0.490. The Bertz CT molecular complexity index is 1140. The van der Waals surface area contributed by atoms with Crippen molar-refractivity contribution >= 4 is 18.9 Å². The van der Waals surface area contributed by atoms with Gasteiger partial charge in [-0.3, -0.25) is 4.57 Å². The third kappa shape index (κ3) is 4.39. The molecule has 170 valence electrons. The molecule has 0 spiro atoms. The van der Waals surface area contributed by atoms with Crippen molar-refractivity contribution in [2.75, 3.05) is 26.3 Å². The van der Waals surface area contributed by atoms with Crippen LogP contribution >= 0.6 is 7.60 Å². The van der Waals surface area contributed by atoms with Crippen LogP contribution in [0.25, 0.3) is 11.5 Å². The zero-order valence-electron chi connectivity index (χ0n) is 18.8. The summed E-state index contributed by atoms with van der Waals surface area (Å²) in [6.45, 7) is 7.04. The van der Waals surface area contributed by atoms with Crippen LogP contribution in [0.2, 0.25) is 0 Å². The molecule has 9 heteroatoms. The van der Waals surface area contributed by atoms with Gasteiger partial charge in [0, 0.05) is 26.3 Å². The van der Waals surface area contributed by atoms with Crippen LogP contribution in [0.5, 0.6) is 11.5 Å². The number of benzene rings is 2. The van der Waals surface area contributed by atoms with Gasteiger partial charge in [-0.15, -0.1) is 0 Å². The molecule has 8 nitrogen and oxygen atoms in total. The standard InChI is InChI=1S/C23H27N2O6P/c1-23(2,3)17-9-7-16(8-10-17)20-25-22(32(26,27-4)28-5)21(31-20)24-13-15-6-11-18-19(12-15)30-14-29-18/h6-12,24H,13-14H2,1-5H3. The Hall–Kier alpha value is -2.80. The first-order valence-corrected chi connectivity index (χ1v) is 11.7. The highest BCUT2D eigenvalue weighted by Crippen LogP contribution is 2.47. The number of rotatable bonds is 7. The van der Waals surface area contributed by atoms with Crippen LogP contribution in [-0.4, -0.2) is 26.0 Å². The van der Waals surface area contributed by atoms with Crippen LogP contribution in [-0.2, 0) is 25.6 Å². The topological polar surface area (TPSA) is 92.1 Å². The smallest absolute Gasteiger partial charge is 0.384 e. The predicted molar refractivity (Wildman–Crippen MR) is 122 cm³/mol. The summed E-state index contributed by atoms with van der Waals surface area (Å²) in [4.78, 5) is 4.47. The molecule has 0 atom stereocenters. The Morgan fingerprint density at radius 3 is 2.38 bits per heavy atom. The molecule has 3 aromatic rings. The molecular formula is C23H27N2O6P. The Balaban J connectivity index is 1.64. The number of anilines is 1. The molecule has 2 heterocycles. The monoisotopic (exact) mass is 458 g/mol. The van der Waals surface area contributed by atoms with E-state index >= 15 is 0 Å². The van der Waals surface area contributed by atoms with E-state index in [1.54, 1.807) is 0 Å². The van der Waals surface area contributed by atoms with Crippen molar-refractivity contribution in [2.45, 2.75) is 32.7 Å². The molecule has 0 unspecified atom stereocenters. The normalized spacial score (nSPS) is 13.4. The first-order valence-electron chi connectivity index (χ1n) is 10.2. The second-order valence-electron chi connectivity index (χ2n) is 8.40. The summed E-state index contributed by atoms with van der Waals surface area (Å²) in [7, 11) is -1.02. The van der Waals surface area contributed by atoms with Crippen LogP contribution in [0, 0.1) is 0 Å². The lowest BCUT2D eigenvalue weighted by Gasteiger charge is -2.18. The van der Waals surface area contributed by atoms with Gasteiger partial charge in [0.25, 0.3) is 0 Å². The SMILES string of the molecule is COP(=O)(OC)c1nc(-c2ccc(C(C)(C)C)cc2)oc1NCc1ccc2c(c1)OCO2. The molecule has 1 aliphatic heterocycles. The van der Waals surface area contributed by atoms with Gasteiger partial charge >= 0.3 is 7.60 Å². The Labute approximate surface area is 187 Å². The number of fused-ring (bicyclic) bond motifs is 1. The molecular weight excluding hydrogens is 431 g/mol. The summed E-state index contributed by atoms with van der Waals surface area (Å²) in [6.07, 6.45) is 0. The number of hydrogen-bond donors (Lipinski definition) is 1. The van der Waals surface area contributed by atoms with Gasteiger partial charge in [-0.25, -0.2) is 0 Å². The highest BCUT2D eigenvalue weighted by atomic mass is 31.2. The van der Waals surface area contributed by atoms with E-state index in [1.165, 1.54) is 19.8 Å². The van der Waals surface area contributed by atoms with Gasteiger partial charge < -0.3 is 28.3 Å². The van der Waals surface area contributed by atoms with Crippen LogP contribution in [0.1, 0.15) is 31.9 Å². The molecule has 1 aromatic heterocycles.